The molecule has 1 aromatic carbocycles. The maximum atomic E-state index is 11.0. The van der Waals surface area contributed by atoms with Crippen molar-refractivity contribution in [3.8, 4) is 6.07 Å². The molecule has 3 rings (SSSR count). The Morgan fingerprint density at radius 1 is 1.26 bits per heavy atom. The van der Waals surface area contributed by atoms with Crippen molar-refractivity contribution in [1.82, 2.24) is 20.6 Å². The first-order valence-electron chi connectivity index (χ1n) is 9.74. The summed E-state index contributed by atoms with van der Waals surface area (Å²) in [6.07, 6.45) is 2.53. The number of imide groups is 1. The van der Waals surface area contributed by atoms with E-state index in [-0.39, 0.29) is 0 Å². The lowest BCUT2D eigenvalue weighted by Crippen LogP contribution is -2.42. The van der Waals surface area contributed by atoms with E-state index >= 15 is 0 Å². The van der Waals surface area contributed by atoms with Crippen LogP contribution in [0.3, 0.4) is 0 Å². The van der Waals surface area contributed by atoms with E-state index in [0.29, 0.717) is 18.4 Å². The summed E-state index contributed by atoms with van der Waals surface area (Å²) >= 11 is 0. The fourth-order valence-corrected chi connectivity index (χ4v) is 2.46. The van der Waals surface area contributed by atoms with Gasteiger partial charge in [-0.25, -0.2) is 14.8 Å². The number of rotatable bonds is 6. The minimum absolute atomic E-state index is 0.377. The van der Waals surface area contributed by atoms with Gasteiger partial charge in [-0.3, -0.25) is 10.1 Å². The van der Waals surface area contributed by atoms with Gasteiger partial charge in [0.25, 0.3) is 5.91 Å². The predicted molar refractivity (Wildman–Crippen MR) is 116 cm³/mol. The summed E-state index contributed by atoms with van der Waals surface area (Å²) in [7, 11) is 1.19. The van der Waals surface area contributed by atoms with E-state index in [1.807, 2.05) is 42.6 Å². The molecule has 1 aromatic heterocycles. The molecule has 0 aliphatic heterocycles. The quantitative estimate of drug-likeness (QED) is 0.479. The van der Waals surface area contributed by atoms with E-state index in [4.69, 9.17) is 5.26 Å². The first-order valence-corrected chi connectivity index (χ1v) is 9.74. The summed E-state index contributed by atoms with van der Waals surface area (Å²) in [4.78, 5) is 35.1. The third kappa shape index (κ3) is 8.10. The van der Waals surface area contributed by atoms with Gasteiger partial charge in [-0.1, -0.05) is 23.4 Å². The number of para-hydroxylation sites is 1. The second-order valence-corrected chi connectivity index (χ2v) is 6.57. The number of carbonyl (C=O) groups is 2. The molecule has 3 N–H and O–H groups in total. The summed E-state index contributed by atoms with van der Waals surface area (Å²) < 4.78 is 0. The van der Waals surface area contributed by atoms with Crippen molar-refractivity contribution < 1.29 is 14.4 Å². The molecule has 0 radical (unpaired) electrons. The fraction of sp³-hybridized carbons (Fsp3) is 0.333. The second-order valence-electron chi connectivity index (χ2n) is 6.57. The number of nitrogens with zero attached hydrogens (tertiary/aromatic N) is 4. The molecule has 0 bridgehead atoms. The topological polar surface area (TPSA) is 141 Å². The molecule has 2 aromatic rings. The van der Waals surface area contributed by atoms with Crippen molar-refractivity contribution >= 4 is 29.3 Å². The zero-order chi connectivity index (χ0) is 22.6. The van der Waals surface area contributed by atoms with Crippen LogP contribution in [-0.2, 0) is 9.63 Å². The number of hydrogen-bond acceptors (Lipinski definition) is 8. The van der Waals surface area contributed by atoms with Crippen molar-refractivity contribution in [3.05, 3.63) is 47.8 Å². The van der Waals surface area contributed by atoms with E-state index < -0.39 is 17.6 Å². The molecule has 31 heavy (non-hydrogen) atoms. The predicted octanol–water partition coefficient (Wildman–Crippen LogP) is 2.76. The average molecular weight is 423 g/mol. The number of urea groups is 1. The average Bonchev–Trinajstić information content (AvgIpc) is 3.58. The highest BCUT2D eigenvalue weighted by Crippen LogP contribution is 2.39. The monoisotopic (exact) mass is 423 g/mol. The number of carbonyl (C=O) groups excluding carboxylic acids is 2. The van der Waals surface area contributed by atoms with Crippen LogP contribution in [0.4, 0.5) is 16.4 Å². The molecule has 0 unspecified atom stereocenters. The SMILES string of the molecule is CCNC(=O)NC(=O)/C(C#N)=N/OC.Cc1cc(C2CC2)nc(Nc2ccccc2)n1. The van der Waals surface area contributed by atoms with Crippen LogP contribution in [-0.4, -0.2) is 41.3 Å². The van der Waals surface area contributed by atoms with Crippen LogP contribution in [0.5, 0.6) is 0 Å². The standard InChI is InChI=1S/C14H15N3.C7H10N4O3/c1-10-9-13(11-7-8-11)17-14(15-10)16-12-5-3-2-4-6-12;1-3-9-7(13)10-6(12)5(4-8)11-14-2/h2-6,9,11H,7-8H2,1H3,(H,15,16,17);3H2,1-2H3,(H2,9,10,12,13)/b;11-5+. The third-order valence-corrected chi connectivity index (χ3v) is 3.97. The highest BCUT2D eigenvalue weighted by Gasteiger charge is 2.25. The van der Waals surface area contributed by atoms with Gasteiger partial charge in [0, 0.05) is 29.5 Å². The van der Waals surface area contributed by atoms with Crippen molar-refractivity contribution in [2.45, 2.75) is 32.6 Å². The number of aryl methyl sites for hydroxylation is 1. The molecule has 0 spiro atoms. The lowest BCUT2D eigenvalue weighted by Gasteiger charge is -2.07. The van der Waals surface area contributed by atoms with Gasteiger partial charge in [-0.15, -0.1) is 0 Å². The summed E-state index contributed by atoms with van der Waals surface area (Å²) in [6, 6.07) is 12.9. The molecule has 1 saturated carbocycles. The Labute approximate surface area is 180 Å². The van der Waals surface area contributed by atoms with Crippen LogP contribution in [0.1, 0.15) is 37.1 Å². The van der Waals surface area contributed by atoms with Crippen LogP contribution >= 0.6 is 0 Å². The number of nitrogens with one attached hydrogen (secondary N) is 3. The van der Waals surface area contributed by atoms with Crippen LogP contribution in [0.15, 0.2) is 41.6 Å². The van der Waals surface area contributed by atoms with E-state index in [2.05, 4.69) is 36.7 Å². The molecule has 3 amide bonds. The number of oxime groups is 1. The molecule has 0 saturated heterocycles. The zero-order valence-corrected chi connectivity index (χ0v) is 17.7. The highest BCUT2D eigenvalue weighted by atomic mass is 16.6. The molecule has 1 aliphatic rings. The molecule has 1 heterocycles. The molecule has 1 aliphatic carbocycles. The molecule has 0 atom stereocenters. The third-order valence-electron chi connectivity index (χ3n) is 3.97. The summed E-state index contributed by atoms with van der Waals surface area (Å²) in [6.45, 7) is 4.09. The van der Waals surface area contributed by atoms with Crippen molar-refractivity contribution in [1.29, 1.82) is 5.26 Å². The normalized spacial score (nSPS) is 12.5. The molecule has 1 fully saturated rings. The van der Waals surface area contributed by atoms with Gasteiger partial charge >= 0.3 is 6.03 Å². The highest BCUT2D eigenvalue weighted by molar-refractivity contribution is 6.46. The number of benzene rings is 1. The second kappa shape index (κ2) is 11.9. The largest absolute Gasteiger partial charge is 0.398 e. The van der Waals surface area contributed by atoms with Crippen molar-refractivity contribution in [2.75, 3.05) is 19.0 Å². The number of hydrogen-bond donors (Lipinski definition) is 3. The maximum Gasteiger partial charge on any atom is 0.321 e. The van der Waals surface area contributed by atoms with Crippen LogP contribution < -0.4 is 16.0 Å². The summed E-state index contributed by atoms with van der Waals surface area (Å²) in [5.74, 6) is 0.464. The smallest absolute Gasteiger partial charge is 0.321 e. The zero-order valence-electron chi connectivity index (χ0n) is 17.7. The minimum Gasteiger partial charge on any atom is -0.398 e. The molecule has 10 nitrogen and oxygen atoms in total. The Hall–Kier alpha value is -4.00. The Morgan fingerprint density at radius 3 is 2.55 bits per heavy atom. The number of amides is 3. The summed E-state index contributed by atoms with van der Waals surface area (Å²) in [5, 5.41) is 19.0. The number of nitriles is 1. The van der Waals surface area contributed by atoms with Crippen LogP contribution in [0.25, 0.3) is 0 Å². The van der Waals surface area contributed by atoms with Gasteiger partial charge < -0.3 is 15.5 Å². The van der Waals surface area contributed by atoms with Gasteiger partial charge in [0.1, 0.15) is 13.2 Å². The lowest BCUT2D eigenvalue weighted by molar-refractivity contribution is -0.113. The fourth-order valence-electron chi connectivity index (χ4n) is 2.46. The van der Waals surface area contributed by atoms with Gasteiger partial charge in [0.05, 0.1) is 0 Å². The molecular formula is C21H25N7O3. The van der Waals surface area contributed by atoms with E-state index in [1.54, 1.807) is 6.92 Å². The van der Waals surface area contributed by atoms with Gasteiger partial charge in [-0.05, 0) is 44.9 Å². The van der Waals surface area contributed by atoms with Gasteiger partial charge in [-0.2, -0.15) is 5.26 Å². The first kappa shape index (κ1) is 23.3. The summed E-state index contributed by atoms with van der Waals surface area (Å²) in [5.41, 5.74) is 2.72. The van der Waals surface area contributed by atoms with Crippen molar-refractivity contribution in [2.24, 2.45) is 5.16 Å². The van der Waals surface area contributed by atoms with Gasteiger partial charge in [0.15, 0.2) is 0 Å². The molecule has 10 heteroatoms. The first-order chi connectivity index (χ1) is 15.0. The van der Waals surface area contributed by atoms with Gasteiger partial charge in [0.2, 0.25) is 11.7 Å². The van der Waals surface area contributed by atoms with E-state index in [1.165, 1.54) is 31.7 Å². The van der Waals surface area contributed by atoms with Crippen LogP contribution in [0.2, 0.25) is 0 Å². The molecule has 162 valence electrons. The molecular weight excluding hydrogens is 398 g/mol. The Bertz CT molecular complexity index is 967. The Morgan fingerprint density at radius 2 is 1.97 bits per heavy atom. The van der Waals surface area contributed by atoms with E-state index in [9.17, 15) is 9.59 Å². The number of anilines is 2. The minimum atomic E-state index is -0.903. The van der Waals surface area contributed by atoms with E-state index in [0.717, 1.165) is 11.4 Å². The Kier molecular flexibility index (Phi) is 8.91. The lowest BCUT2D eigenvalue weighted by atomic mass is 10.2. The van der Waals surface area contributed by atoms with Crippen molar-refractivity contribution in [3.63, 3.8) is 0 Å². The Balaban J connectivity index is 0.000000226. The maximum absolute atomic E-state index is 11.0. The van der Waals surface area contributed by atoms with Crippen LogP contribution in [0, 0.1) is 18.3 Å². The number of aromatic nitrogens is 2.